The van der Waals surface area contributed by atoms with E-state index in [1.807, 2.05) is 26.0 Å². The van der Waals surface area contributed by atoms with Gasteiger partial charge >= 0.3 is 0 Å². The first-order chi connectivity index (χ1) is 12.5. The van der Waals surface area contributed by atoms with E-state index >= 15 is 0 Å². The lowest BCUT2D eigenvalue weighted by atomic mass is 9.87. The van der Waals surface area contributed by atoms with E-state index in [0.717, 1.165) is 28.2 Å². The van der Waals surface area contributed by atoms with Gasteiger partial charge in [-0.3, -0.25) is 0 Å². The van der Waals surface area contributed by atoms with Crippen molar-refractivity contribution in [2.45, 2.75) is 31.5 Å². The molecule has 2 aromatic carbocycles. The Morgan fingerprint density at radius 2 is 2.04 bits per heavy atom. The molecule has 0 aromatic heterocycles. The fraction of sp³-hybridized carbons (Fsp3) is 0.333. The molecule has 5 heteroatoms. The summed E-state index contributed by atoms with van der Waals surface area (Å²) < 4.78 is 23.9. The third-order valence-corrected chi connectivity index (χ3v) is 5.23. The highest BCUT2D eigenvalue weighted by atomic mass is 16.5. The third-order valence-electron chi connectivity index (χ3n) is 5.23. The molecule has 0 amide bonds. The molecule has 0 radical (unpaired) electrons. The highest BCUT2D eigenvalue weighted by molar-refractivity contribution is 5.71. The molecule has 3 heterocycles. The van der Waals surface area contributed by atoms with Gasteiger partial charge in [-0.2, -0.15) is 0 Å². The van der Waals surface area contributed by atoms with Crippen LogP contribution in [0.5, 0.6) is 28.7 Å². The number of benzene rings is 2. The van der Waals surface area contributed by atoms with Gasteiger partial charge in [0, 0.05) is 17.7 Å². The number of ether oxygens (including phenoxy) is 4. The predicted molar refractivity (Wildman–Crippen MR) is 96.4 cm³/mol. The number of phenolic OH excluding ortho intramolecular Hbond substituents is 1. The van der Waals surface area contributed by atoms with Crippen molar-refractivity contribution in [1.82, 2.24) is 0 Å². The maximum atomic E-state index is 9.89. The van der Waals surface area contributed by atoms with Crippen LogP contribution < -0.4 is 18.9 Å². The number of fused-ring (bicyclic) bond motifs is 7. The van der Waals surface area contributed by atoms with Crippen LogP contribution in [0.15, 0.2) is 30.3 Å². The monoisotopic (exact) mass is 352 g/mol. The van der Waals surface area contributed by atoms with Gasteiger partial charge in [-0.15, -0.1) is 0 Å². The summed E-state index contributed by atoms with van der Waals surface area (Å²) in [5.41, 5.74) is 2.59. The highest BCUT2D eigenvalue weighted by Gasteiger charge is 2.44. The predicted octanol–water partition coefficient (Wildman–Crippen LogP) is 4.19. The summed E-state index contributed by atoms with van der Waals surface area (Å²) >= 11 is 0. The Morgan fingerprint density at radius 1 is 1.19 bits per heavy atom. The molecule has 2 atom stereocenters. The standard InChI is InChI=1S/C21H20O5/c1-21(2)7-6-13-15(26-21)5-4-12-14-10-24-17-9-11(22)8-16(23-3)18(17)20(14)25-19(12)13/h4-9,14,20,22H,10H2,1-3H3/t14-,20+/m0/s1. The largest absolute Gasteiger partial charge is 0.508 e. The summed E-state index contributed by atoms with van der Waals surface area (Å²) in [6.45, 7) is 4.55. The maximum Gasteiger partial charge on any atom is 0.141 e. The Balaban J connectivity index is 1.63. The quantitative estimate of drug-likeness (QED) is 0.834. The zero-order chi connectivity index (χ0) is 18.1. The summed E-state index contributed by atoms with van der Waals surface area (Å²) in [6.07, 6.45) is 3.91. The molecule has 3 aliphatic rings. The second kappa shape index (κ2) is 5.10. The molecule has 0 saturated heterocycles. The fourth-order valence-corrected chi connectivity index (χ4v) is 4.02. The van der Waals surface area contributed by atoms with Crippen molar-refractivity contribution in [3.05, 3.63) is 47.0 Å². The van der Waals surface area contributed by atoms with Crippen LogP contribution in [0, 0.1) is 0 Å². The lowest BCUT2D eigenvalue weighted by Gasteiger charge is -2.29. The van der Waals surface area contributed by atoms with Gasteiger partial charge in [-0.1, -0.05) is 6.07 Å². The van der Waals surface area contributed by atoms with Crippen molar-refractivity contribution in [3.63, 3.8) is 0 Å². The van der Waals surface area contributed by atoms with Crippen LogP contribution in [-0.2, 0) is 0 Å². The highest BCUT2D eigenvalue weighted by Crippen LogP contribution is 2.57. The molecule has 0 unspecified atom stereocenters. The van der Waals surface area contributed by atoms with Gasteiger partial charge in [-0.25, -0.2) is 0 Å². The summed E-state index contributed by atoms with van der Waals surface area (Å²) in [4.78, 5) is 0. The summed E-state index contributed by atoms with van der Waals surface area (Å²) in [6, 6.07) is 7.28. The van der Waals surface area contributed by atoms with Crippen molar-refractivity contribution in [3.8, 4) is 28.7 Å². The van der Waals surface area contributed by atoms with Gasteiger partial charge in [0.25, 0.3) is 0 Å². The van der Waals surface area contributed by atoms with Gasteiger partial charge in [0.05, 0.1) is 30.8 Å². The van der Waals surface area contributed by atoms with Crippen molar-refractivity contribution in [2.24, 2.45) is 0 Å². The molecule has 0 saturated carbocycles. The topological polar surface area (TPSA) is 57.2 Å². The Hall–Kier alpha value is -2.82. The minimum atomic E-state index is -0.330. The van der Waals surface area contributed by atoms with Gasteiger partial charge in [0.2, 0.25) is 0 Å². The Bertz CT molecular complexity index is 927. The van der Waals surface area contributed by atoms with E-state index < -0.39 is 0 Å². The van der Waals surface area contributed by atoms with Crippen LogP contribution in [0.2, 0.25) is 0 Å². The molecule has 134 valence electrons. The van der Waals surface area contributed by atoms with Crippen molar-refractivity contribution >= 4 is 6.08 Å². The lowest BCUT2D eigenvalue weighted by molar-refractivity contribution is 0.133. The number of methoxy groups -OCH3 is 1. The van der Waals surface area contributed by atoms with Crippen LogP contribution in [0.25, 0.3) is 6.08 Å². The van der Waals surface area contributed by atoms with E-state index in [4.69, 9.17) is 18.9 Å². The molecule has 1 N–H and O–H groups in total. The minimum absolute atomic E-state index is 0.0737. The summed E-state index contributed by atoms with van der Waals surface area (Å²) in [5.74, 6) is 3.04. The van der Waals surface area contributed by atoms with Crippen LogP contribution in [-0.4, -0.2) is 24.4 Å². The Kier molecular flexibility index (Phi) is 3.03. The molecular weight excluding hydrogens is 332 g/mol. The van der Waals surface area contributed by atoms with Gasteiger partial charge < -0.3 is 24.1 Å². The molecule has 0 aliphatic carbocycles. The van der Waals surface area contributed by atoms with Gasteiger partial charge in [0.1, 0.15) is 40.5 Å². The van der Waals surface area contributed by atoms with Crippen molar-refractivity contribution in [2.75, 3.05) is 13.7 Å². The average molecular weight is 352 g/mol. The average Bonchev–Trinajstić information content (AvgIpc) is 2.98. The van der Waals surface area contributed by atoms with Crippen molar-refractivity contribution in [1.29, 1.82) is 0 Å². The lowest BCUT2D eigenvalue weighted by Crippen LogP contribution is -2.27. The second-order valence-electron chi connectivity index (χ2n) is 7.45. The SMILES string of the molecule is COc1cc(O)cc2c1[C@@H]1Oc3c(ccc4c3C=CC(C)(C)O4)[C@@H]1CO2. The zero-order valence-corrected chi connectivity index (χ0v) is 14.9. The molecule has 0 fully saturated rings. The number of phenols is 1. The van der Waals surface area contributed by atoms with Gasteiger partial charge in [-0.05, 0) is 32.1 Å². The first kappa shape index (κ1) is 15.4. The van der Waals surface area contributed by atoms with Crippen LogP contribution in [0.1, 0.15) is 42.6 Å². The number of aromatic hydroxyl groups is 1. The molecule has 5 nitrogen and oxygen atoms in total. The first-order valence-electron chi connectivity index (χ1n) is 8.72. The van der Waals surface area contributed by atoms with E-state index in [1.165, 1.54) is 0 Å². The normalized spacial score (nSPS) is 23.5. The maximum absolute atomic E-state index is 9.89. The van der Waals surface area contributed by atoms with Crippen molar-refractivity contribution < 1.29 is 24.1 Å². The first-order valence-corrected chi connectivity index (χ1v) is 8.72. The Morgan fingerprint density at radius 3 is 2.85 bits per heavy atom. The molecular formula is C21H20O5. The molecule has 0 spiro atoms. The summed E-state index contributed by atoms with van der Waals surface area (Å²) in [7, 11) is 1.58. The molecule has 26 heavy (non-hydrogen) atoms. The van der Waals surface area contributed by atoms with E-state index in [-0.39, 0.29) is 23.4 Å². The second-order valence-corrected chi connectivity index (χ2v) is 7.45. The summed E-state index contributed by atoms with van der Waals surface area (Å²) in [5, 5.41) is 9.89. The molecule has 5 rings (SSSR count). The van der Waals surface area contributed by atoms with E-state index in [1.54, 1.807) is 19.2 Å². The minimum Gasteiger partial charge on any atom is -0.508 e. The number of hydrogen-bond acceptors (Lipinski definition) is 5. The third kappa shape index (κ3) is 2.09. The zero-order valence-electron chi connectivity index (χ0n) is 14.9. The van der Waals surface area contributed by atoms with Crippen LogP contribution in [0.4, 0.5) is 0 Å². The van der Waals surface area contributed by atoms with E-state index in [0.29, 0.717) is 18.1 Å². The number of rotatable bonds is 1. The van der Waals surface area contributed by atoms with E-state index in [2.05, 4.69) is 12.1 Å². The molecule has 3 aliphatic heterocycles. The molecule has 0 bridgehead atoms. The van der Waals surface area contributed by atoms with Crippen LogP contribution in [0.3, 0.4) is 0 Å². The smallest absolute Gasteiger partial charge is 0.141 e. The van der Waals surface area contributed by atoms with Gasteiger partial charge in [0.15, 0.2) is 0 Å². The molecule has 2 aromatic rings. The Labute approximate surface area is 151 Å². The van der Waals surface area contributed by atoms with E-state index in [9.17, 15) is 5.11 Å². The number of hydrogen-bond donors (Lipinski definition) is 1. The van der Waals surface area contributed by atoms with Crippen LogP contribution >= 0.6 is 0 Å². The fourth-order valence-electron chi connectivity index (χ4n) is 4.02.